The number of fused-ring (bicyclic) bond motifs is 1. The number of ether oxygens (including phenoxy) is 2. The lowest BCUT2D eigenvalue weighted by molar-refractivity contribution is -0.115. The van der Waals surface area contributed by atoms with Gasteiger partial charge in [0.15, 0.2) is 17.3 Å². The first-order valence-corrected chi connectivity index (χ1v) is 10.6. The fraction of sp³-hybridized carbons (Fsp3) is 0.348. The molecule has 0 bridgehead atoms. The van der Waals surface area contributed by atoms with Gasteiger partial charge in [0, 0.05) is 24.1 Å². The molecule has 0 spiro atoms. The van der Waals surface area contributed by atoms with Gasteiger partial charge in [0.25, 0.3) is 0 Å². The number of rotatable bonds is 4. The summed E-state index contributed by atoms with van der Waals surface area (Å²) in [5.41, 5.74) is 1.42. The summed E-state index contributed by atoms with van der Waals surface area (Å²) in [6.07, 6.45) is 2.61. The first-order chi connectivity index (χ1) is 14.8. The first-order valence-electron chi connectivity index (χ1n) is 10.2. The Morgan fingerprint density at radius 3 is 2.74 bits per heavy atom. The van der Waals surface area contributed by atoms with Gasteiger partial charge in [0.05, 0.1) is 30.4 Å². The van der Waals surface area contributed by atoms with Gasteiger partial charge in [-0.05, 0) is 29.8 Å². The van der Waals surface area contributed by atoms with Crippen LogP contribution in [0, 0.1) is 0 Å². The van der Waals surface area contributed by atoms with Crippen molar-refractivity contribution >= 4 is 23.3 Å². The van der Waals surface area contributed by atoms with E-state index in [-0.39, 0.29) is 17.7 Å². The molecule has 1 aliphatic heterocycles. The molecule has 8 heteroatoms. The number of nitrogens with zero attached hydrogens (tertiary/aromatic N) is 3. The van der Waals surface area contributed by atoms with Crippen molar-refractivity contribution < 1.29 is 14.3 Å². The van der Waals surface area contributed by atoms with Gasteiger partial charge in [-0.2, -0.15) is 9.78 Å². The van der Waals surface area contributed by atoms with E-state index in [0.717, 1.165) is 17.7 Å². The Bertz CT molecular complexity index is 1090. The lowest BCUT2D eigenvalue weighted by atomic mass is 9.92. The molecule has 1 aromatic carbocycles. The Kier molecular flexibility index (Phi) is 5.87. The van der Waals surface area contributed by atoms with Gasteiger partial charge in [-0.1, -0.05) is 38.4 Å². The van der Waals surface area contributed by atoms with Gasteiger partial charge >= 0.3 is 0 Å². The van der Waals surface area contributed by atoms with Crippen molar-refractivity contribution in [3.63, 3.8) is 0 Å². The second kappa shape index (κ2) is 8.59. The van der Waals surface area contributed by atoms with Crippen molar-refractivity contribution in [3.8, 4) is 17.3 Å². The molecular weight excluding hydrogens is 416 g/mol. The maximum absolute atomic E-state index is 12.9. The number of aromatic nitrogens is 3. The van der Waals surface area contributed by atoms with E-state index in [9.17, 15) is 4.79 Å². The van der Waals surface area contributed by atoms with E-state index in [1.807, 2.05) is 30.3 Å². The van der Waals surface area contributed by atoms with Crippen LogP contribution in [-0.2, 0) is 16.6 Å². The minimum Gasteiger partial charge on any atom is -0.489 e. The predicted octanol–water partition coefficient (Wildman–Crippen LogP) is 4.56. The molecule has 7 nitrogen and oxygen atoms in total. The SMILES string of the molecule is CC(C)(C)c1cc(NC(=O)Cc2cc(Cl)c3c(c2)OCCCO3)n(-c2ccccn2)n1. The standard InChI is InChI=1S/C23H25ClN4O3/c1-23(2,3)18-14-20(28(27-18)19-7-4-5-8-25-19)26-21(29)13-15-11-16(24)22-17(12-15)30-9-6-10-31-22/h4-5,7-8,11-12,14H,6,9-10,13H2,1-3H3,(H,26,29). The Morgan fingerprint density at radius 1 is 1.19 bits per heavy atom. The van der Waals surface area contributed by atoms with Crippen LogP contribution in [0.15, 0.2) is 42.6 Å². The molecular formula is C23H25ClN4O3. The third-order valence-corrected chi connectivity index (χ3v) is 5.12. The van der Waals surface area contributed by atoms with E-state index in [1.165, 1.54) is 0 Å². The van der Waals surface area contributed by atoms with Crippen LogP contribution < -0.4 is 14.8 Å². The highest BCUT2D eigenvalue weighted by atomic mass is 35.5. The second-order valence-electron chi connectivity index (χ2n) is 8.44. The van der Waals surface area contributed by atoms with Crippen molar-refractivity contribution in [2.45, 2.75) is 39.0 Å². The lowest BCUT2D eigenvalue weighted by Crippen LogP contribution is -2.17. The highest BCUT2D eigenvalue weighted by Crippen LogP contribution is 2.38. The highest BCUT2D eigenvalue weighted by Gasteiger charge is 2.22. The zero-order valence-electron chi connectivity index (χ0n) is 17.8. The monoisotopic (exact) mass is 440 g/mol. The van der Waals surface area contributed by atoms with Gasteiger partial charge < -0.3 is 14.8 Å². The number of benzene rings is 1. The van der Waals surface area contributed by atoms with Gasteiger partial charge in [-0.15, -0.1) is 0 Å². The summed E-state index contributed by atoms with van der Waals surface area (Å²) >= 11 is 6.36. The average Bonchev–Trinajstić information content (AvgIpc) is 2.99. The van der Waals surface area contributed by atoms with Crippen molar-refractivity contribution in [1.82, 2.24) is 14.8 Å². The number of hydrogen-bond acceptors (Lipinski definition) is 5. The minimum atomic E-state index is -0.192. The third-order valence-electron chi connectivity index (χ3n) is 4.84. The average molecular weight is 441 g/mol. The quantitative estimate of drug-likeness (QED) is 0.643. The van der Waals surface area contributed by atoms with Gasteiger partial charge in [0.1, 0.15) is 5.82 Å². The molecule has 2 aromatic heterocycles. The number of anilines is 1. The van der Waals surface area contributed by atoms with E-state index in [0.29, 0.717) is 41.4 Å². The van der Waals surface area contributed by atoms with E-state index in [4.69, 9.17) is 21.1 Å². The molecule has 3 aromatic rings. The predicted molar refractivity (Wildman–Crippen MR) is 119 cm³/mol. The molecule has 0 unspecified atom stereocenters. The smallest absolute Gasteiger partial charge is 0.229 e. The van der Waals surface area contributed by atoms with E-state index in [1.54, 1.807) is 16.9 Å². The third kappa shape index (κ3) is 4.82. The number of halogens is 1. The summed E-state index contributed by atoms with van der Waals surface area (Å²) in [4.78, 5) is 17.3. The summed E-state index contributed by atoms with van der Waals surface area (Å²) in [6.45, 7) is 7.33. The maximum atomic E-state index is 12.9. The normalized spacial score (nSPS) is 13.5. The zero-order valence-corrected chi connectivity index (χ0v) is 18.6. The molecule has 0 atom stereocenters. The molecule has 4 rings (SSSR count). The molecule has 0 fully saturated rings. The van der Waals surface area contributed by atoms with Crippen molar-refractivity contribution in [1.29, 1.82) is 0 Å². The summed E-state index contributed by atoms with van der Waals surface area (Å²) < 4.78 is 13.0. The fourth-order valence-corrected chi connectivity index (χ4v) is 3.54. The summed E-state index contributed by atoms with van der Waals surface area (Å²) in [5, 5.41) is 8.08. The van der Waals surface area contributed by atoms with Gasteiger partial charge in [0.2, 0.25) is 5.91 Å². The Morgan fingerprint density at radius 2 is 2.00 bits per heavy atom. The first kappa shape index (κ1) is 21.2. The molecule has 1 amide bonds. The Labute approximate surface area is 186 Å². The van der Waals surface area contributed by atoms with Crippen molar-refractivity contribution in [2.75, 3.05) is 18.5 Å². The zero-order chi connectivity index (χ0) is 22.0. The van der Waals surface area contributed by atoms with Crippen LogP contribution in [0.1, 0.15) is 38.4 Å². The molecule has 3 heterocycles. The van der Waals surface area contributed by atoms with Gasteiger partial charge in [-0.25, -0.2) is 4.98 Å². The Balaban J connectivity index is 1.58. The van der Waals surface area contributed by atoms with Crippen LogP contribution in [0.5, 0.6) is 11.5 Å². The van der Waals surface area contributed by atoms with Crippen LogP contribution in [0.4, 0.5) is 5.82 Å². The summed E-state index contributed by atoms with van der Waals surface area (Å²) in [6, 6.07) is 11.0. The van der Waals surface area contributed by atoms with Crippen LogP contribution >= 0.6 is 11.6 Å². The highest BCUT2D eigenvalue weighted by molar-refractivity contribution is 6.32. The van der Waals surface area contributed by atoms with Crippen LogP contribution in [0.25, 0.3) is 5.82 Å². The molecule has 0 radical (unpaired) electrons. The summed E-state index contributed by atoms with van der Waals surface area (Å²) in [7, 11) is 0. The Hall–Kier alpha value is -3.06. The summed E-state index contributed by atoms with van der Waals surface area (Å²) in [5.74, 6) is 2.11. The topological polar surface area (TPSA) is 78.3 Å². The number of carbonyl (C=O) groups is 1. The van der Waals surface area contributed by atoms with Crippen LogP contribution in [0.2, 0.25) is 5.02 Å². The molecule has 1 aliphatic rings. The van der Waals surface area contributed by atoms with Crippen molar-refractivity contribution in [2.24, 2.45) is 0 Å². The number of hydrogen-bond donors (Lipinski definition) is 1. The number of amides is 1. The molecule has 0 saturated heterocycles. The van der Waals surface area contributed by atoms with Crippen molar-refractivity contribution in [3.05, 3.63) is 58.9 Å². The van der Waals surface area contributed by atoms with Crippen LogP contribution in [0.3, 0.4) is 0 Å². The molecule has 162 valence electrons. The molecule has 31 heavy (non-hydrogen) atoms. The van der Waals surface area contributed by atoms with Crippen LogP contribution in [-0.4, -0.2) is 33.9 Å². The molecule has 0 saturated carbocycles. The van der Waals surface area contributed by atoms with E-state index >= 15 is 0 Å². The maximum Gasteiger partial charge on any atom is 0.229 e. The number of carbonyl (C=O) groups excluding carboxylic acids is 1. The van der Waals surface area contributed by atoms with Gasteiger partial charge in [-0.3, -0.25) is 4.79 Å². The van der Waals surface area contributed by atoms with E-state index in [2.05, 4.69) is 36.2 Å². The fourth-order valence-electron chi connectivity index (χ4n) is 3.25. The molecule has 1 N–H and O–H groups in total. The van der Waals surface area contributed by atoms with E-state index < -0.39 is 0 Å². The molecule has 0 aliphatic carbocycles. The lowest BCUT2D eigenvalue weighted by Gasteiger charge is -2.13. The largest absolute Gasteiger partial charge is 0.489 e. The number of pyridine rings is 1. The number of nitrogens with one attached hydrogen (secondary N) is 1. The second-order valence-corrected chi connectivity index (χ2v) is 8.85. The minimum absolute atomic E-state index is 0.134.